The Balaban J connectivity index is 1.42. The highest BCUT2D eigenvalue weighted by molar-refractivity contribution is 5.71. The van der Waals surface area contributed by atoms with Crippen molar-refractivity contribution in [2.45, 2.75) is 38.8 Å². The van der Waals surface area contributed by atoms with Crippen LogP contribution >= 0.6 is 0 Å². The van der Waals surface area contributed by atoms with E-state index < -0.39 is 6.03 Å². The summed E-state index contributed by atoms with van der Waals surface area (Å²) in [4.78, 5) is 13.3. The number of carbonyl (C=O) groups is 1. The number of hydrogen-bond acceptors (Lipinski definition) is 4. The van der Waals surface area contributed by atoms with Gasteiger partial charge in [-0.1, -0.05) is 42.5 Å². The summed E-state index contributed by atoms with van der Waals surface area (Å²) in [6.45, 7) is 6.89. The van der Waals surface area contributed by atoms with Crippen molar-refractivity contribution in [3.63, 3.8) is 0 Å². The van der Waals surface area contributed by atoms with Crippen LogP contribution in [0.15, 0.2) is 36.5 Å². The monoisotopic (exact) mass is 356 g/mol. The average Bonchev–Trinajstić information content (AvgIpc) is 3.10. The van der Waals surface area contributed by atoms with E-state index in [0.29, 0.717) is 18.4 Å². The Hall–Kier alpha value is -2.41. The van der Waals surface area contributed by atoms with E-state index in [9.17, 15) is 4.79 Å². The first-order valence-corrected chi connectivity index (χ1v) is 9.30. The zero-order valence-electron chi connectivity index (χ0n) is 15.3. The van der Waals surface area contributed by atoms with Crippen LogP contribution in [0.5, 0.6) is 0 Å². The number of piperidine rings is 1. The third-order valence-corrected chi connectivity index (χ3v) is 5.08. The molecule has 26 heavy (non-hydrogen) atoms. The smallest absolute Gasteiger partial charge is 0.312 e. The zero-order chi connectivity index (χ0) is 18.4. The average molecular weight is 356 g/mol. The van der Waals surface area contributed by atoms with Gasteiger partial charge in [0, 0.05) is 13.1 Å². The van der Waals surface area contributed by atoms with E-state index in [0.717, 1.165) is 31.9 Å². The van der Waals surface area contributed by atoms with Gasteiger partial charge in [0.15, 0.2) is 0 Å². The van der Waals surface area contributed by atoms with E-state index in [1.54, 1.807) is 0 Å². The second-order valence-electron chi connectivity index (χ2n) is 7.21. The Morgan fingerprint density at radius 1 is 1.31 bits per heavy atom. The van der Waals surface area contributed by atoms with Gasteiger partial charge in [-0.05, 0) is 43.3 Å². The fourth-order valence-electron chi connectivity index (χ4n) is 3.58. The summed E-state index contributed by atoms with van der Waals surface area (Å²) in [5.74, 6) is 1.18. The maximum Gasteiger partial charge on any atom is 0.312 e. The molecule has 3 rings (SSSR count). The van der Waals surface area contributed by atoms with Gasteiger partial charge in [0.25, 0.3) is 0 Å². The number of carbonyl (C=O) groups excluding carboxylic acids is 1. The van der Waals surface area contributed by atoms with Gasteiger partial charge in [-0.15, -0.1) is 5.10 Å². The van der Waals surface area contributed by atoms with Gasteiger partial charge >= 0.3 is 6.03 Å². The topological polar surface area (TPSA) is 89.1 Å². The minimum Gasteiger partial charge on any atom is -0.352 e. The summed E-state index contributed by atoms with van der Waals surface area (Å²) in [5, 5.41) is 10.8. The lowest BCUT2D eigenvalue weighted by Crippen LogP contribution is -2.37. The number of aromatic nitrogens is 3. The Labute approximate surface area is 154 Å². The number of benzene rings is 1. The number of likely N-dealkylation sites (tertiary alicyclic amines) is 1. The molecule has 140 valence electrons. The lowest BCUT2D eigenvalue weighted by atomic mass is 9.94. The first-order valence-electron chi connectivity index (χ1n) is 9.30. The van der Waals surface area contributed by atoms with Crippen LogP contribution < -0.4 is 11.1 Å². The number of primary amides is 1. The van der Waals surface area contributed by atoms with Crippen molar-refractivity contribution in [1.29, 1.82) is 0 Å². The summed E-state index contributed by atoms with van der Waals surface area (Å²) >= 11 is 0. The maximum absolute atomic E-state index is 10.7. The van der Waals surface area contributed by atoms with E-state index in [2.05, 4.69) is 57.8 Å². The van der Waals surface area contributed by atoms with Crippen molar-refractivity contribution in [1.82, 2.24) is 25.2 Å². The van der Waals surface area contributed by atoms with Gasteiger partial charge in [-0.25, -0.2) is 4.79 Å². The summed E-state index contributed by atoms with van der Waals surface area (Å²) in [5.41, 5.74) is 7.22. The molecule has 1 saturated heterocycles. The van der Waals surface area contributed by atoms with Gasteiger partial charge in [0.2, 0.25) is 0 Å². The predicted molar refractivity (Wildman–Crippen MR) is 100 cm³/mol. The van der Waals surface area contributed by atoms with Crippen LogP contribution in [0, 0.1) is 5.92 Å². The molecule has 3 N–H and O–H groups in total. The number of nitrogens with two attached hydrogens (primary N) is 1. The molecule has 2 heterocycles. The first-order chi connectivity index (χ1) is 12.6. The molecule has 0 bridgehead atoms. The van der Waals surface area contributed by atoms with Crippen molar-refractivity contribution in [2.75, 3.05) is 19.6 Å². The van der Waals surface area contributed by atoms with Crippen molar-refractivity contribution >= 4 is 6.03 Å². The third-order valence-electron chi connectivity index (χ3n) is 5.08. The molecule has 1 aliphatic rings. The molecule has 0 saturated carbocycles. The molecule has 2 aromatic rings. The van der Waals surface area contributed by atoms with Crippen LogP contribution in [0.3, 0.4) is 0 Å². The van der Waals surface area contributed by atoms with Crippen LogP contribution in [-0.4, -0.2) is 45.6 Å². The third kappa shape index (κ3) is 5.29. The first kappa shape index (κ1) is 18.4. The Morgan fingerprint density at radius 3 is 2.73 bits per heavy atom. The summed E-state index contributed by atoms with van der Waals surface area (Å²) in [6.07, 6.45) is 4.24. The van der Waals surface area contributed by atoms with Crippen LogP contribution in [0.2, 0.25) is 0 Å². The number of nitrogens with zero attached hydrogens (tertiary/aromatic N) is 4. The zero-order valence-corrected chi connectivity index (χ0v) is 15.3. The number of nitrogens with one attached hydrogen (secondary N) is 1. The molecule has 0 unspecified atom stereocenters. The van der Waals surface area contributed by atoms with Crippen molar-refractivity contribution in [3.8, 4) is 0 Å². The number of rotatable bonds is 7. The lowest BCUT2D eigenvalue weighted by molar-refractivity contribution is 0.164. The van der Waals surface area contributed by atoms with E-state index in [-0.39, 0.29) is 0 Å². The van der Waals surface area contributed by atoms with E-state index in [1.807, 2.05) is 10.9 Å². The van der Waals surface area contributed by atoms with Crippen LogP contribution in [0.4, 0.5) is 4.79 Å². The van der Waals surface area contributed by atoms with Crippen molar-refractivity contribution in [3.05, 3.63) is 47.8 Å². The Morgan fingerprint density at radius 2 is 2.04 bits per heavy atom. The minimum absolute atomic E-state index is 0.325. The molecule has 0 spiro atoms. The molecular weight excluding hydrogens is 328 g/mol. The molecule has 2 amide bonds. The van der Waals surface area contributed by atoms with Crippen molar-refractivity contribution < 1.29 is 4.79 Å². The van der Waals surface area contributed by atoms with Crippen LogP contribution in [0.1, 0.15) is 36.9 Å². The van der Waals surface area contributed by atoms with Crippen molar-refractivity contribution in [2.24, 2.45) is 11.7 Å². The van der Waals surface area contributed by atoms with E-state index in [4.69, 9.17) is 5.73 Å². The minimum atomic E-state index is -0.545. The Bertz CT molecular complexity index is 693. The summed E-state index contributed by atoms with van der Waals surface area (Å²) < 4.78 is 1.88. The molecule has 1 aromatic carbocycles. The molecule has 7 heteroatoms. The second kappa shape index (κ2) is 8.80. The number of amides is 2. The SMILES string of the molecule is C[C@H](CN1CCC(Cn2cc(CNC(N)=O)nn2)CC1)c1ccccc1. The maximum atomic E-state index is 10.7. The quantitative estimate of drug-likeness (QED) is 0.794. The molecule has 0 aliphatic carbocycles. The summed E-state index contributed by atoms with van der Waals surface area (Å²) in [7, 11) is 0. The highest BCUT2D eigenvalue weighted by Crippen LogP contribution is 2.22. The Kier molecular flexibility index (Phi) is 6.22. The molecule has 1 aliphatic heterocycles. The molecular formula is C19H28N6O. The predicted octanol–water partition coefficient (Wildman–Crippen LogP) is 1.96. The van der Waals surface area contributed by atoms with Crippen LogP contribution in [0.25, 0.3) is 0 Å². The van der Waals surface area contributed by atoms with E-state index in [1.165, 1.54) is 18.4 Å². The van der Waals surface area contributed by atoms with Crippen LogP contribution in [-0.2, 0) is 13.1 Å². The fraction of sp³-hybridized carbons (Fsp3) is 0.526. The van der Waals surface area contributed by atoms with Gasteiger partial charge in [0.05, 0.1) is 12.7 Å². The van der Waals surface area contributed by atoms with Gasteiger partial charge < -0.3 is 16.0 Å². The molecule has 7 nitrogen and oxygen atoms in total. The molecule has 1 aromatic heterocycles. The highest BCUT2D eigenvalue weighted by Gasteiger charge is 2.21. The van der Waals surface area contributed by atoms with Gasteiger partial charge in [-0.2, -0.15) is 0 Å². The molecule has 1 fully saturated rings. The van der Waals surface area contributed by atoms with Gasteiger partial charge in [-0.3, -0.25) is 4.68 Å². The lowest BCUT2D eigenvalue weighted by Gasteiger charge is -2.33. The normalized spacial score (nSPS) is 17.1. The standard InChI is InChI=1S/C19H28N6O/c1-15(17-5-3-2-4-6-17)12-24-9-7-16(8-10-24)13-25-14-18(22-23-25)11-21-19(20)26/h2-6,14-16H,7-13H2,1H3,(H3,20,21,26)/t15-/m1/s1. The van der Waals surface area contributed by atoms with Gasteiger partial charge in [0.1, 0.15) is 5.69 Å². The van der Waals surface area contributed by atoms with E-state index >= 15 is 0 Å². The largest absolute Gasteiger partial charge is 0.352 e. The molecule has 0 radical (unpaired) electrons. The second-order valence-corrected chi connectivity index (χ2v) is 7.21. The highest BCUT2D eigenvalue weighted by atomic mass is 16.2. The number of hydrogen-bond donors (Lipinski definition) is 2. The fourth-order valence-corrected chi connectivity index (χ4v) is 3.58. The molecule has 1 atom stereocenters. The number of urea groups is 1. The summed E-state index contributed by atoms with van der Waals surface area (Å²) in [6, 6.07) is 10.2.